The molecular formula is C18H22N2O5S. The van der Waals surface area contributed by atoms with Gasteiger partial charge in [0.1, 0.15) is 0 Å². The van der Waals surface area contributed by atoms with Crippen LogP contribution in [0, 0.1) is 0 Å². The van der Waals surface area contributed by atoms with Crippen LogP contribution in [0.15, 0.2) is 24.3 Å². The average molecular weight is 378 g/mol. The molecule has 7 nitrogen and oxygen atoms in total. The summed E-state index contributed by atoms with van der Waals surface area (Å²) in [5.74, 6) is -0.166. The molecule has 0 spiro atoms. The molecule has 1 heterocycles. The molecule has 1 saturated heterocycles. The third-order valence-corrected chi connectivity index (χ3v) is 4.65. The predicted octanol–water partition coefficient (Wildman–Crippen LogP) is 2.71. The highest BCUT2D eigenvalue weighted by atomic mass is 32.2. The summed E-state index contributed by atoms with van der Waals surface area (Å²) in [6.07, 6.45) is 1.28. The van der Waals surface area contributed by atoms with Crippen LogP contribution in [-0.2, 0) is 14.3 Å². The predicted molar refractivity (Wildman–Crippen MR) is 99.3 cm³/mol. The lowest BCUT2D eigenvalue weighted by Crippen LogP contribution is -2.27. The first-order valence-electron chi connectivity index (χ1n) is 8.50. The standard InChI is InChI=1S/C18H22N2O5S/c1-2-3-16(22)19-14-6-4-13(5-7-14)15(21)12-25-17(23)8-9-20-10-11-26-18(20)24/h4-7H,2-3,8-12H2,1H3,(H,19,22). The molecule has 0 atom stereocenters. The van der Waals surface area contributed by atoms with Gasteiger partial charge in [0.25, 0.3) is 5.24 Å². The Balaban J connectivity index is 1.73. The smallest absolute Gasteiger partial charge is 0.308 e. The maximum atomic E-state index is 12.1. The van der Waals surface area contributed by atoms with Crippen molar-refractivity contribution in [3.63, 3.8) is 0 Å². The van der Waals surface area contributed by atoms with Crippen LogP contribution in [0.1, 0.15) is 36.5 Å². The number of nitrogens with zero attached hydrogens (tertiary/aromatic N) is 1. The van der Waals surface area contributed by atoms with Gasteiger partial charge in [-0.1, -0.05) is 18.7 Å². The highest BCUT2D eigenvalue weighted by Gasteiger charge is 2.21. The molecule has 2 amide bonds. The Morgan fingerprint density at radius 3 is 2.54 bits per heavy atom. The van der Waals surface area contributed by atoms with Gasteiger partial charge in [-0.3, -0.25) is 19.2 Å². The number of hydrogen-bond acceptors (Lipinski definition) is 6. The van der Waals surface area contributed by atoms with Gasteiger partial charge < -0.3 is 15.0 Å². The molecule has 0 saturated carbocycles. The Labute approximate surface area is 156 Å². The third kappa shape index (κ3) is 6.18. The van der Waals surface area contributed by atoms with Crippen LogP contribution in [0.4, 0.5) is 10.5 Å². The second-order valence-corrected chi connectivity index (χ2v) is 6.86. The van der Waals surface area contributed by atoms with Gasteiger partial charge in [-0.05, 0) is 30.7 Å². The topological polar surface area (TPSA) is 92.8 Å². The normalized spacial score (nSPS) is 13.6. The maximum absolute atomic E-state index is 12.1. The Bertz CT molecular complexity index is 675. The molecule has 1 aromatic carbocycles. The molecule has 0 radical (unpaired) electrons. The number of Topliss-reactive ketones (excluding diaryl/α,β-unsaturated/α-hetero) is 1. The van der Waals surface area contributed by atoms with Crippen LogP contribution in [0.3, 0.4) is 0 Å². The fraction of sp³-hybridized carbons (Fsp3) is 0.444. The summed E-state index contributed by atoms with van der Waals surface area (Å²) in [4.78, 5) is 48.3. The van der Waals surface area contributed by atoms with E-state index in [1.807, 2.05) is 6.92 Å². The monoisotopic (exact) mass is 378 g/mol. The van der Waals surface area contributed by atoms with Crippen LogP contribution >= 0.6 is 11.8 Å². The van der Waals surface area contributed by atoms with Crippen LogP contribution in [0.2, 0.25) is 0 Å². The van der Waals surface area contributed by atoms with E-state index in [-0.39, 0.29) is 30.0 Å². The zero-order valence-electron chi connectivity index (χ0n) is 14.7. The first-order chi connectivity index (χ1) is 12.5. The number of ketones is 1. The second-order valence-electron chi connectivity index (χ2n) is 5.81. The molecule has 140 valence electrons. The second kappa shape index (κ2) is 9.96. The van der Waals surface area contributed by atoms with E-state index >= 15 is 0 Å². The maximum Gasteiger partial charge on any atom is 0.308 e. The van der Waals surface area contributed by atoms with Crippen molar-refractivity contribution in [2.45, 2.75) is 26.2 Å². The summed E-state index contributed by atoms with van der Waals surface area (Å²) in [7, 11) is 0. The first-order valence-corrected chi connectivity index (χ1v) is 9.48. The van der Waals surface area contributed by atoms with Gasteiger partial charge in [-0.2, -0.15) is 0 Å². The Morgan fingerprint density at radius 1 is 1.19 bits per heavy atom. The zero-order chi connectivity index (χ0) is 18.9. The molecule has 2 rings (SSSR count). The van der Waals surface area contributed by atoms with Crippen molar-refractivity contribution >= 4 is 40.3 Å². The van der Waals surface area contributed by atoms with Gasteiger partial charge >= 0.3 is 5.97 Å². The highest BCUT2D eigenvalue weighted by Crippen LogP contribution is 2.17. The van der Waals surface area contributed by atoms with Crippen molar-refractivity contribution in [2.24, 2.45) is 0 Å². The van der Waals surface area contributed by atoms with E-state index in [0.29, 0.717) is 30.8 Å². The number of carbonyl (C=O) groups is 4. The number of rotatable bonds is 9. The van der Waals surface area contributed by atoms with E-state index in [1.165, 1.54) is 11.8 Å². The highest BCUT2D eigenvalue weighted by molar-refractivity contribution is 8.13. The Kier molecular flexibility index (Phi) is 7.65. The SMILES string of the molecule is CCCC(=O)Nc1ccc(C(=O)COC(=O)CCN2CCSC2=O)cc1. The summed E-state index contributed by atoms with van der Waals surface area (Å²) < 4.78 is 4.98. The summed E-state index contributed by atoms with van der Waals surface area (Å²) >= 11 is 1.23. The third-order valence-electron chi connectivity index (χ3n) is 3.76. The number of amides is 2. The van der Waals surface area contributed by atoms with E-state index < -0.39 is 5.97 Å². The molecule has 1 aliphatic rings. The lowest BCUT2D eigenvalue weighted by Gasteiger charge is -2.13. The molecular weight excluding hydrogens is 356 g/mol. The minimum atomic E-state index is -0.508. The average Bonchev–Trinajstić information content (AvgIpc) is 3.03. The number of ether oxygens (including phenoxy) is 1. The number of hydrogen-bond donors (Lipinski definition) is 1. The van der Waals surface area contributed by atoms with Gasteiger partial charge in [-0.25, -0.2) is 0 Å². The van der Waals surface area contributed by atoms with Gasteiger partial charge in [0.15, 0.2) is 12.4 Å². The van der Waals surface area contributed by atoms with Gasteiger partial charge in [-0.15, -0.1) is 0 Å². The number of thioether (sulfide) groups is 1. The van der Waals surface area contributed by atoms with Crippen LogP contribution in [0.5, 0.6) is 0 Å². The van der Waals surface area contributed by atoms with E-state index in [4.69, 9.17) is 4.74 Å². The summed E-state index contributed by atoms with van der Waals surface area (Å²) in [5, 5.41) is 2.71. The molecule has 1 aromatic rings. The van der Waals surface area contributed by atoms with Crippen molar-refractivity contribution in [1.82, 2.24) is 4.90 Å². The fourth-order valence-electron chi connectivity index (χ4n) is 2.35. The zero-order valence-corrected chi connectivity index (χ0v) is 15.5. The van der Waals surface area contributed by atoms with E-state index in [0.717, 1.165) is 12.2 Å². The number of carbonyl (C=O) groups excluding carboxylic acids is 4. The van der Waals surface area contributed by atoms with E-state index in [2.05, 4.69) is 5.32 Å². The van der Waals surface area contributed by atoms with Gasteiger partial charge in [0.2, 0.25) is 5.91 Å². The molecule has 1 aliphatic heterocycles. The van der Waals surface area contributed by atoms with Crippen molar-refractivity contribution in [1.29, 1.82) is 0 Å². The summed E-state index contributed by atoms with van der Waals surface area (Å²) in [6.45, 7) is 2.52. The lowest BCUT2D eigenvalue weighted by molar-refractivity contribution is -0.142. The van der Waals surface area contributed by atoms with Gasteiger partial charge in [0.05, 0.1) is 6.42 Å². The molecule has 0 aromatic heterocycles. The van der Waals surface area contributed by atoms with Crippen molar-refractivity contribution in [2.75, 3.05) is 30.8 Å². The molecule has 1 N–H and O–H groups in total. The lowest BCUT2D eigenvalue weighted by atomic mass is 10.1. The largest absolute Gasteiger partial charge is 0.457 e. The number of anilines is 1. The number of esters is 1. The molecule has 0 bridgehead atoms. The van der Waals surface area contributed by atoms with E-state index in [9.17, 15) is 19.2 Å². The fourth-order valence-corrected chi connectivity index (χ4v) is 3.20. The van der Waals surface area contributed by atoms with Crippen molar-refractivity contribution in [3.8, 4) is 0 Å². The van der Waals surface area contributed by atoms with Crippen LogP contribution in [-0.4, -0.2) is 53.2 Å². The molecule has 1 fully saturated rings. The number of nitrogens with one attached hydrogen (secondary N) is 1. The van der Waals surface area contributed by atoms with E-state index in [1.54, 1.807) is 29.2 Å². The molecule has 26 heavy (non-hydrogen) atoms. The minimum absolute atomic E-state index is 0.0278. The minimum Gasteiger partial charge on any atom is -0.457 e. The van der Waals surface area contributed by atoms with Crippen molar-refractivity contribution < 1.29 is 23.9 Å². The molecule has 0 unspecified atom stereocenters. The summed E-state index contributed by atoms with van der Waals surface area (Å²) in [5.41, 5.74) is 1.02. The molecule has 8 heteroatoms. The van der Waals surface area contributed by atoms with Gasteiger partial charge in [0, 0.05) is 36.5 Å². The quantitative estimate of drug-likeness (QED) is 0.525. The van der Waals surface area contributed by atoms with Crippen molar-refractivity contribution in [3.05, 3.63) is 29.8 Å². The van der Waals surface area contributed by atoms with Crippen LogP contribution in [0.25, 0.3) is 0 Å². The number of benzene rings is 1. The Hall–Kier alpha value is -2.35. The molecule has 0 aliphatic carbocycles. The summed E-state index contributed by atoms with van der Waals surface area (Å²) in [6, 6.07) is 6.44. The Morgan fingerprint density at radius 2 is 1.92 bits per heavy atom. The van der Waals surface area contributed by atoms with Crippen LogP contribution < -0.4 is 5.32 Å². The first kappa shape index (κ1) is 20.0.